The van der Waals surface area contributed by atoms with Crippen LogP contribution in [0.25, 0.3) is 0 Å². The molecule has 7 nitrogen and oxygen atoms in total. The van der Waals surface area contributed by atoms with Crippen molar-refractivity contribution in [3.8, 4) is 5.75 Å². The van der Waals surface area contributed by atoms with E-state index >= 15 is 0 Å². The molecule has 134 valence electrons. The third-order valence-corrected chi connectivity index (χ3v) is 4.04. The summed E-state index contributed by atoms with van der Waals surface area (Å²) in [7, 11) is 2.93. The second-order valence-corrected chi connectivity index (χ2v) is 5.80. The molecule has 2 aromatic carbocycles. The molecule has 1 aliphatic rings. The standard InChI is InChI=1S/C19H18N2O5/c1-21-14-8-3-4-9-15(14)26-16(18(21)23)11-17(22)20-13-7-5-6-12(10-13)19(24)25-2/h3-10,16H,11H2,1-2H3,(H,20,22). The zero-order chi connectivity index (χ0) is 18.7. The van der Waals surface area contributed by atoms with Crippen LogP contribution in [0.1, 0.15) is 16.8 Å². The molecular formula is C19H18N2O5. The minimum absolute atomic E-state index is 0.139. The third-order valence-electron chi connectivity index (χ3n) is 4.04. The molecule has 0 aliphatic carbocycles. The van der Waals surface area contributed by atoms with Crippen molar-refractivity contribution in [3.63, 3.8) is 0 Å². The van der Waals surface area contributed by atoms with Gasteiger partial charge in [-0.15, -0.1) is 0 Å². The fourth-order valence-electron chi connectivity index (χ4n) is 2.72. The second kappa shape index (κ2) is 7.26. The molecule has 0 bridgehead atoms. The molecule has 0 saturated heterocycles. The molecule has 3 rings (SSSR count). The first kappa shape index (κ1) is 17.5. The second-order valence-electron chi connectivity index (χ2n) is 5.80. The maximum Gasteiger partial charge on any atom is 0.337 e. The number of carbonyl (C=O) groups excluding carboxylic acids is 3. The highest BCUT2D eigenvalue weighted by Crippen LogP contribution is 2.33. The number of esters is 1. The molecule has 26 heavy (non-hydrogen) atoms. The number of nitrogens with one attached hydrogen (secondary N) is 1. The molecule has 7 heteroatoms. The number of likely N-dealkylation sites (N-methyl/N-ethyl adjacent to an activating group) is 1. The van der Waals surface area contributed by atoms with Gasteiger partial charge < -0.3 is 19.7 Å². The molecule has 2 aromatic rings. The van der Waals surface area contributed by atoms with E-state index in [1.54, 1.807) is 43.4 Å². The highest BCUT2D eigenvalue weighted by molar-refractivity contribution is 6.03. The molecule has 0 spiro atoms. The molecular weight excluding hydrogens is 336 g/mol. The Balaban J connectivity index is 1.69. The molecule has 1 aliphatic heterocycles. The van der Waals surface area contributed by atoms with Crippen molar-refractivity contribution in [2.45, 2.75) is 12.5 Å². The van der Waals surface area contributed by atoms with Gasteiger partial charge in [-0.3, -0.25) is 9.59 Å². The number of fused-ring (bicyclic) bond motifs is 1. The molecule has 0 saturated carbocycles. The van der Waals surface area contributed by atoms with Crippen LogP contribution < -0.4 is 15.0 Å². The van der Waals surface area contributed by atoms with Crippen molar-refractivity contribution in [2.24, 2.45) is 0 Å². The Labute approximate surface area is 150 Å². The molecule has 0 aromatic heterocycles. The number of para-hydroxylation sites is 2. The number of hydrogen-bond donors (Lipinski definition) is 1. The van der Waals surface area contributed by atoms with Gasteiger partial charge in [-0.05, 0) is 30.3 Å². The van der Waals surface area contributed by atoms with Crippen LogP contribution in [0.4, 0.5) is 11.4 Å². The van der Waals surface area contributed by atoms with Crippen LogP contribution in [0.5, 0.6) is 5.75 Å². The number of rotatable bonds is 4. The molecule has 0 fully saturated rings. The van der Waals surface area contributed by atoms with Gasteiger partial charge in [0.1, 0.15) is 5.75 Å². The normalized spacial score (nSPS) is 15.7. The Kier molecular flexibility index (Phi) is 4.88. The lowest BCUT2D eigenvalue weighted by molar-refractivity contribution is -0.130. The van der Waals surface area contributed by atoms with Crippen molar-refractivity contribution in [3.05, 3.63) is 54.1 Å². The zero-order valence-corrected chi connectivity index (χ0v) is 14.4. The summed E-state index contributed by atoms with van der Waals surface area (Å²) in [6, 6.07) is 13.5. The van der Waals surface area contributed by atoms with Crippen LogP contribution in [-0.2, 0) is 14.3 Å². The SMILES string of the molecule is COC(=O)c1cccc(NC(=O)CC2Oc3ccccc3N(C)C2=O)c1. The molecule has 1 heterocycles. The van der Waals surface area contributed by atoms with E-state index in [2.05, 4.69) is 10.1 Å². The third kappa shape index (κ3) is 3.51. The number of nitrogens with zero attached hydrogens (tertiary/aromatic N) is 1. The Bertz CT molecular complexity index is 865. The Hall–Kier alpha value is -3.35. The summed E-state index contributed by atoms with van der Waals surface area (Å²) in [4.78, 5) is 37.8. The lowest BCUT2D eigenvalue weighted by atomic mass is 10.1. The average molecular weight is 354 g/mol. The maximum absolute atomic E-state index is 12.4. The molecule has 2 amide bonds. The van der Waals surface area contributed by atoms with Crippen molar-refractivity contribution >= 4 is 29.2 Å². The predicted molar refractivity (Wildman–Crippen MR) is 95.3 cm³/mol. The van der Waals surface area contributed by atoms with Gasteiger partial charge in [0.15, 0.2) is 6.10 Å². The first-order valence-electron chi connectivity index (χ1n) is 8.01. The van der Waals surface area contributed by atoms with Gasteiger partial charge >= 0.3 is 5.97 Å². The molecule has 1 unspecified atom stereocenters. The van der Waals surface area contributed by atoms with Gasteiger partial charge in [0.05, 0.1) is 24.8 Å². The van der Waals surface area contributed by atoms with Crippen LogP contribution in [0.3, 0.4) is 0 Å². The zero-order valence-electron chi connectivity index (χ0n) is 14.4. The predicted octanol–water partition coefficient (Wildman–Crippen LogP) is 2.23. The van der Waals surface area contributed by atoms with E-state index in [1.807, 2.05) is 6.07 Å². The summed E-state index contributed by atoms with van der Waals surface area (Å²) in [6.45, 7) is 0. The minimum Gasteiger partial charge on any atom is -0.478 e. The van der Waals surface area contributed by atoms with Crippen LogP contribution in [0.2, 0.25) is 0 Å². The Morgan fingerprint density at radius 3 is 2.73 bits per heavy atom. The molecule has 0 radical (unpaired) electrons. The number of benzene rings is 2. The minimum atomic E-state index is -0.904. The number of carbonyl (C=O) groups is 3. The van der Waals surface area contributed by atoms with E-state index in [0.717, 1.165) is 0 Å². The number of hydrogen-bond acceptors (Lipinski definition) is 5. The van der Waals surface area contributed by atoms with E-state index in [9.17, 15) is 14.4 Å². The number of amides is 2. The van der Waals surface area contributed by atoms with Crippen LogP contribution in [0.15, 0.2) is 48.5 Å². The molecule has 1 N–H and O–H groups in total. The van der Waals surface area contributed by atoms with Crippen LogP contribution in [0, 0.1) is 0 Å². The van der Waals surface area contributed by atoms with Gasteiger partial charge in [-0.2, -0.15) is 0 Å². The lowest BCUT2D eigenvalue weighted by Gasteiger charge is -2.31. The highest BCUT2D eigenvalue weighted by Gasteiger charge is 2.33. The highest BCUT2D eigenvalue weighted by atomic mass is 16.5. The fourth-order valence-corrected chi connectivity index (χ4v) is 2.72. The summed E-state index contributed by atoms with van der Waals surface area (Å²) in [5, 5.41) is 2.67. The largest absolute Gasteiger partial charge is 0.478 e. The summed E-state index contributed by atoms with van der Waals surface area (Å²) < 4.78 is 10.3. The van der Waals surface area contributed by atoms with Crippen molar-refractivity contribution in [1.82, 2.24) is 0 Å². The number of methoxy groups -OCH3 is 1. The Morgan fingerprint density at radius 2 is 1.96 bits per heavy atom. The van der Waals surface area contributed by atoms with Crippen LogP contribution in [-0.4, -0.2) is 38.0 Å². The van der Waals surface area contributed by atoms with Crippen molar-refractivity contribution in [1.29, 1.82) is 0 Å². The topological polar surface area (TPSA) is 84.9 Å². The van der Waals surface area contributed by atoms with Gasteiger partial charge in [-0.1, -0.05) is 18.2 Å². The summed E-state index contributed by atoms with van der Waals surface area (Å²) >= 11 is 0. The smallest absolute Gasteiger partial charge is 0.337 e. The summed E-state index contributed by atoms with van der Waals surface area (Å²) in [5.41, 5.74) is 1.43. The first-order chi connectivity index (χ1) is 12.5. The quantitative estimate of drug-likeness (QED) is 0.851. The summed E-state index contributed by atoms with van der Waals surface area (Å²) in [6.07, 6.45) is -1.04. The van der Waals surface area contributed by atoms with Gasteiger partial charge in [0.2, 0.25) is 5.91 Å². The van der Waals surface area contributed by atoms with E-state index in [1.165, 1.54) is 18.1 Å². The van der Waals surface area contributed by atoms with E-state index < -0.39 is 18.0 Å². The first-order valence-corrected chi connectivity index (χ1v) is 8.01. The van der Waals surface area contributed by atoms with Crippen molar-refractivity contribution in [2.75, 3.05) is 24.4 Å². The van der Waals surface area contributed by atoms with Crippen LogP contribution >= 0.6 is 0 Å². The van der Waals surface area contributed by atoms with E-state index in [4.69, 9.17) is 4.74 Å². The van der Waals surface area contributed by atoms with Crippen molar-refractivity contribution < 1.29 is 23.9 Å². The lowest BCUT2D eigenvalue weighted by Crippen LogP contribution is -2.45. The molecule has 1 atom stereocenters. The van der Waals surface area contributed by atoms with Gasteiger partial charge in [0, 0.05) is 12.7 Å². The fraction of sp³-hybridized carbons (Fsp3) is 0.211. The average Bonchev–Trinajstić information content (AvgIpc) is 2.65. The van der Waals surface area contributed by atoms with Gasteiger partial charge in [-0.25, -0.2) is 4.79 Å². The van der Waals surface area contributed by atoms with E-state index in [0.29, 0.717) is 22.7 Å². The number of anilines is 2. The maximum atomic E-state index is 12.4. The monoisotopic (exact) mass is 354 g/mol. The number of ether oxygens (including phenoxy) is 2. The van der Waals surface area contributed by atoms with E-state index in [-0.39, 0.29) is 12.3 Å². The summed E-state index contributed by atoms with van der Waals surface area (Å²) in [5.74, 6) is -0.620. The van der Waals surface area contributed by atoms with Gasteiger partial charge in [0.25, 0.3) is 5.91 Å². The Morgan fingerprint density at radius 1 is 1.19 bits per heavy atom.